The fraction of sp³-hybridized carbons (Fsp3) is 0.667. The Labute approximate surface area is 166 Å². The van der Waals surface area contributed by atoms with E-state index in [2.05, 4.69) is 5.32 Å². The lowest BCUT2D eigenvalue weighted by Crippen LogP contribution is -2.51. The third-order valence-electron chi connectivity index (χ3n) is 5.69. The molecule has 1 N–H and O–H groups in total. The van der Waals surface area contributed by atoms with Gasteiger partial charge in [0.2, 0.25) is 11.8 Å². The van der Waals surface area contributed by atoms with E-state index in [0.717, 1.165) is 38.6 Å². The summed E-state index contributed by atoms with van der Waals surface area (Å²) in [7, 11) is 0. The second-order valence-corrected chi connectivity index (χ2v) is 7.91. The second-order valence-electron chi connectivity index (χ2n) is 7.91. The van der Waals surface area contributed by atoms with Crippen molar-refractivity contribution in [1.82, 2.24) is 15.1 Å². The van der Waals surface area contributed by atoms with Gasteiger partial charge in [0.05, 0.1) is 5.92 Å². The molecular weight excluding hydrogens is 358 g/mol. The van der Waals surface area contributed by atoms with Crippen molar-refractivity contribution in [1.29, 1.82) is 0 Å². The standard InChI is InChI=1S/C21H31N3O4/c1-3-5-19(25)24-11-4-6-16(14-24)21(27)23-12-9-17(10-13-23)22-20(26)18-8-7-15(2)28-18/h7-8,16-17H,3-6,9-14H2,1-2H3,(H,22,26). The molecule has 1 unspecified atom stereocenters. The van der Waals surface area contributed by atoms with Crippen molar-refractivity contribution < 1.29 is 18.8 Å². The summed E-state index contributed by atoms with van der Waals surface area (Å²) in [5, 5.41) is 3.00. The third-order valence-corrected chi connectivity index (χ3v) is 5.69. The summed E-state index contributed by atoms with van der Waals surface area (Å²) in [6.45, 7) is 6.40. The summed E-state index contributed by atoms with van der Waals surface area (Å²) in [5.74, 6) is 1.07. The normalized spacial score (nSPS) is 20.9. The molecule has 3 heterocycles. The molecule has 0 radical (unpaired) electrons. The zero-order valence-electron chi connectivity index (χ0n) is 16.9. The van der Waals surface area contributed by atoms with Gasteiger partial charge in [-0.2, -0.15) is 0 Å². The van der Waals surface area contributed by atoms with Crippen LogP contribution in [0.15, 0.2) is 16.5 Å². The summed E-state index contributed by atoms with van der Waals surface area (Å²) in [5.41, 5.74) is 0. The Kier molecular flexibility index (Phi) is 6.75. The van der Waals surface area contributed by atoms with Crippen molar-refractivity contribution in [2.75, 3.05) is 26.2 Å². The van der Waals surface area contributed by atoms with Gasteiger partial charge in [-0.3, -0.25) is 14.4 Å². The predicted octanol–water partition coefficient (Wildman–Crippen LogP) is 2.35. The minimum Gasteiger partial charge on any atom is -0.456 e. The number of carbonyl (C=O) groups is 3. The Bertz CT molecular complexity index is 706. The second kappa shape index (κ2) is 9.26. The highest BCUT2D eigenvalue weighted by Gasteiger charge is 2.33. The SMILES string of the molecule is CCCC(=O)N1CCCC(C(=O)N2CCC(NC(=O)c3ccc(C)o3)CC2)C1. The molecule has 28 heavy (non-hydrogen) atoms. The number of piperidine rings is 2. The van der Waals surface area contributed by atoms with Crippen LogP contribution < -0.4 is 5.32 Å². The molecule has 0 saturated carbocycles. The number of rotatable bonds is 5. The summed E-state index contributed by atoms with van der Waals surface area (Å²) in [6, 6.07) is 3.50. The molecule has 0 spiro atoms. The topological polar surface area (TPSA) is 82.9 Å². The zero-order valence-corrected chi connectivity index (χ0v) is 16.9. The predicted molar refractivity (Wildman–Crippen MR) is 105 cm³/mol. The number of carbonyl (C=O) groups excluding carboxylic acids is 3. The molecule has 2 aliphatic heterocycles. The lowest BCUT2D eigenvalue weighted by Gasteiger charge is -2.38. The highest BCUT2D eigenvalue weighted by Crippen LogP contribution is 2.22. The van der Waals surface area contributed by atoms with Crippen LogP contribution in [-0.2, 0) is 9.59 Å². The number of furan rings is 1. The van der Waals surface area contributed by atoms with Crippen LogP contribution in [0.2, 0.25) is 0 Å². The Morgan fingerprint density at radius 2 is 1.86 bits per heavy atom. The average Bonchev–Trinajstić information content (AvgIpc) is 3.15. The monoisotopic (exact) mass is 389 g/mol. The van der Waals surface area contributed by atoms with Crippen molar-refractivity contribution in [3.05, 3.63) is 23.7 Å². The van der Waals surface area contributed by atoms with Gasteiger partial charge in [-0.05, 0) is 51.2 Å². The zero-order chi connectivity index (χ0) is 20.1. The summed E-state index contributed by atoms with van der Waals surface area (Å²) >= 11 is 0. The lowest BCUT2D eigenvalue weighted by molar-refractivity contribution is -0.141. The van der Waals surface area contributed by atoms with Crippen molar-refractivity contribution in [3.8, 4) is 0 Å². The average molecular weight is 389 g/mol. The third kappa shape index (κ3) is 4.94. The van der Waals surface area contributed by atoms with Gasteiger partial charge >= 0.3 is 0 Å². The Morgan fingerprint density at radius 1 is 1.11 bits per heavy atom. The van der Waals surface area contributed by atoms with E-state index in [0.29, 0.717) is 37.6 Å². The van der Waals surface area contributed by atoms with Crippen LogP contribution in [0.3, 0.4) is 0 Å². The van der Waals surface area contributed by atoms with E-state index in [1.165, 1.54) is 0 Å². The molecule has 154 valence electrons. The number of hydrogen-bond donors (Lipinski definition) is 1. The van der Waals surface area contributed by atoms with E-state index in [4.69, 9.17) is 4.42 Å². The van der Waals surface area contributed by atoms with E-state index < -0.39 is 0 Å². The van der Waals surface area contributed by atoms with E-state index in [1.54, 1.807) is 12.1 Å². The molecule has 0 bridgehead atoms. The van der Waals surface area contributed by atoms with Crippen LogP contribution in [0.1, 0.15) is 61.8 Å². The van der Waals surface area contributed by atoms with Gasteiger partial charge < -0.3 is 19.5 Å². The fourth-order valence-electron chi connectivity index (χ4n) is 4.09. The van der Waals surface area contributed by atoms with E-state index in [1.807, 2.05) is 23.6 Å². The van der Waals surface area contributed by atoms with E-state index in [-0.39, 0.29) is 29.7 Å². The minimum absolute atomic E-state index is 0.0518. The summed E-state index contributed by atoms with van der Waals surface area (Å²) < 4.78 is 5.36. The van der Waals surface area contributed by atoms with Gasteiger partial charge in [-0.25, -0.2) is 0 Å². The van der Waals surface area contributed by atoms with Crippen molar-refractivity contribution >= 4 is 17.7 Å². The first-order valence-corrected chi connectivity index (χ1v) is 10.4. The Hall–Kier alpha value is -2.31. The fourth-order valence-corrected chi connectivity index (χ4v) is 4.09. The number of hydrogen-bond acceptors (Lipinski definition) is 4. The number of nitrogens with one attached hydrogen (secondary N) is 1. The number of aryl methyl sites for hydroxylation is 1. The Balaban J connectivity index is 1.47. The van der Waals surface area contributed by atoms with Crippen LogP contribution >= 0.6 is 0 Å². The first kappa shape index (κ1) is 20.4. The number of amides is 3. The van der Waals surface area contributed by atoms with Gasteiger partial charge in [0, 0.05) is 38.6 Å². The van der Waals surface area contributed by atoms with Crippen molar-refractivity contribution in [3.63, 3.8) is 0 Å². The van der Waals surface area contributed by atoms with Crippen LogP contribution in [-0.4, -0.2) is 59.7 Å². The molecule has 1 aromatic rings. The number of nitrogens with zero attached hydrogens (tertiary/aromatic N) is 2. The minimum atomic E-state index is -0.199. The molecular formula is C21H31N3O4. The molecule has 1 atom stereocenters. The van der Waals surface area contributed by atoms with Gasteiger partial charge in [0.15, 0.2) is 5.76 Å². The highest BCUT2D eigenvalue weighted by atomic mass is 16.3. The smallest absolute Gasteiger partial charge is 0.287 e. The molecule has 2 saturated heterocycles. The molecule has 3 rings (SSSR count). The van der Waals surface area contributed by atoms with Crippen LogP contribution in [0, 0.1) is 12.8 Å². The van der Waals surface area contributed by atoms with Gasteiger partial charge in [0.1, 0.15) is 5.76 Å². The van der Waals surface area contributed by atoms with Crippen molar-refractivity contribution in [2.45, 2.75) is 58.4 Å². The first-order chi connectivity index (χ1) is 13.5. The van der Waals surface area contributed by atoms with Crippen LogP contribution in [0.4, 0.5) is 0 Å². The van der Waals surface area contributed by atoms with E-state index in [9.17, 15) is 14.4 Å². The van der Waals surface area contributed by atoms with Gasteiger partial charge in [-0.15, -0.1) is 0 Å². The highest BCUT2D eigenvalue weighted by molar-refractivity contribution is 5.91. The van der Waals surface area contributed by atoms with E-state index >= 15 is 0 Å². The maximum absolute atomic E-state index is 12.9. The first-order valence-electron chi connectivity index (χ1n) is 10.4. The molecule has 1 aromatic heterocycles. The quantitative estimate of drug-likeness (QED) is 0.838. The van der Waals surface area contributed by atoms with Crippen LogP contribution in [0.5, 0.6) is 0 Å². The van der Waals surface area contributed by atoms with Crippen molar-refractivity contribution in [2.24, 2.45) is 5.92 Å². The van der Waals surface area contributed by atoms with Gasteiger partial charge in [-0.1, -0.05) is 6.92 Å². The molecule has 2 aliphatic rings. The lowest BCUT2D eigenvalue weighted by atomic mass is 9.94. The molecule has 7 nitrogen and oxygen atoms in total. The number of likely N-dealkylation sites (tertiary alicyclic amines) is 2. The molecule has 3 amide bonds. The molecule has 0 aliphatic carbocycles. The summed E-state index contributed by atoms with van der Waals surface area (Å²) in [6.07, 6.45) is 4.61. The molecule has 7 heteroatoms. The maximum Gasteiger partial charge on any atom is 0.287 e. The van der Waals surface area contributed by atoms with Gasteiger partial charge in [0.25, 0.3) is 5.91 Å². The largest absolute Gasteiger partial charge is 0.456 e. The maximum atomic E-state index is 12.9. The van der Waals surface area contributed by atoms with Crippen LogP contribution in [0.25, 0.3) is 0 Å². The molecule has 2 fully saturated rings. The Morgan fingerprint density at radius 3 is 2.50 bits per heavy atom. The summed E-state index contributed by atoms with van der Waals surface area (Å²) in [4.78, 5) is 41.1. The molecule has 0 aromatic carbocycles.